The second kappa shape index (κ2) is 9.33. The first-order valence-corrected chi connectivity index (χ1v) is 8.41. The number of carbonyl (C=O) groups is 2. The quantitative estimate of drug-likeness (QED) is 0.491. The number of halogens is 1. The van der Waals surface area contributed by atoms with Crippen LogP contribution in [-0.4, -0.2) is 49.1 Å². The van der Waals surface area contributed by atoms with Gasteiger partial charge in [0.25, 0.3) is 5.91 Å². The molecular formula is C17H19BrN2O5. The van der Waals surface area contributed by atoms with Crippen LogP contribution >= 0.6 is 15.9 Å². The van der Waals surface area contributed by atoms with Crippen molar-refractivity contribution >= 4 is 27.8 Å². The first-order chi connectivity index (χ1) is 12.1. The number of nitrogens with zero attached hydrogens (tertiary/aromatic N) is 2. The Hall–Kier alpha value is -2.19. The van der Waals surface area contributed by atoms with Crippen molar-refractivity contribution in [1.82, 2.24) is 9.88 Å². The van der Waals surface area contributed by atoms with Gasteiger partial charge in [-0.3, -0.25) is 4.79 Å². The number of ether oxygens (including phenoxy) is 2. The third-order valence-corrected chi connectivity index (χ3v) is 4.13. The number of amides is 1. The van der Waals surface area contributed by atoms with Crippen molar-refractivity contribution in [2.45, 2.75) is 13.0 Å². The third kappa shape index (κ3) is 5.14. The van der Waals surface area contributed by atoms with Crippen molar-refractivity contribution in [3.63, 3.8) is 0 Å². The number of oxazole rings is 1. The molecule has 0 aliphatic heterocycles. The molecule has 1 heterocycles. The predicted octanol–water partition coefficient (Wildman–Crippen LogP) is 2.90. The number of hydrogen-bond acceptors (Lipinski definition) is 6. The predicted molar refractivity (Wildman–Crippen MR) is 93.2 cm³/mol. The summed E-state index contributed by atoms with van der Waals surface area (Å²) in [6, 6.07) is 7.19. The summed E-state index contributed by atoms with van der Waals surface area (Å²) in [4.78, 5) is 30.0. The first kappa shape index (κ1) is 19.1. The highest BCUT2D eigenvalue weighted by atomic mass is 79.9. The van der Waals surface area contributed by atoms with Crippen LogP contribution in [-0.2, 0) is 16.0 Å². The molecule has 0 spiro atoms. The Balaban J connectivity index is 2.17. The molecule has 2 aromatic rings. The van der Waals surface area contributed by atoms with Gasteiger partial charge in [0.05, 0.1) is 19.2 Å². The molecule has 0 bridgehead atoms. The Kier molecular flexibility index (Phi) is 7.15. The molecule has 0 aliphatic rings. The maximum atomic E-state index is 12.9. The van der Waals surface area contributed by atoms with E-state index < -0.39 is 5.97 Å². The second-order valence-corrected chi connectivity index (χ2v) is 6.03. The number of esters is 1. The van der Waals surface area contributed by atoms with Crippen molar-refractivity contribution in [3.8, 4) is 0 Å². The number of benzene rings is 1. The fourth-order valence-corrected chi connectivity index (χ4v) is 2.66. The zero-order valence-corrected chi connectivity index (χ0v) is 15.6. The summed E-state index contributed by atoms with van der Waals surface area (Å²) < 4.78 is 15.7. The molecule has 134 valence electrons. The lowest BCUT2D eigenvalue weighted by molar-refractivity contribution is 0.0594. The topological polar surface area (TPSA) is 81.9 Å². The average Bonchev–Trinajstić information content (AvgIpc) is 3.09. The van der Waals surface area contributed by atoms with E-state index in [2.05, 4.69) is 25.7 Å². The molecule has 1 aromatic heterocycles. The van der Waals surface area contributed by atoms with E-state index >= 15 is 0 Å². The van der Waals surface area contributed by atoms with Gasteiger partial charge in [-0.1, -0.05) is 12.1 Å². The van der Waals surface area contributed by atoms with Gasteiger partial charge in [-0.15, -0.1) is 0 Å². The SMILES string of the molecule is COCCCN(Cc1nc(C(=O)OC)co1)C(=O)c1ccccc1Br. The van der Waals surface area contributed by atoms with Crippen molar-refractivity contribution in [2.24, 2.45) is 0 Å². The van der Waals surface area contributed by atoms with E-state index in [0.29, 0.717) is 29.6 Å². The van der Waals surface area contributed by atoms with Gasteiger partial charge in [0, 0.05) is 24.7 Å². The molecule has 1 amide bonds. The highest BCUT2D eigenvalue weighted by Gasteiger charge is 2.21. The van der Waals surface area contributed by atoms with E-state index in [0.717, 1.165) is 0 Å². The molecule has 0 N–H and O–H groups in total. The lowest BCUT2D eigenvalue weighted by Gasteiger charge is -2.21. The van der Waals surface area contributed by atoms with Crippen molar-refractivity contribution in [2.75, 3.05) is 27.4 Å². The molecule has 0 fully saturated rings. The Morgan fingerprint density at radius 1 is 1.28 bits per heavy atom. The standard InChI is InChI=1S/C17H19BrN2O5/c1-23-9-5-8-20(16(21)12-6-3-4-7-13(12)18)10-15-19-14(11-25-15)17(22)24-2/h3-4,6-7,11H,5,8-10H2,1-2H3. The monoisotopic (exact) mass is 410 g/mol. The maximum absolute atomic E-state index is 12.9. The maximum Gasteiger partial charge on any atom is 0.360 e. The van der Waals surface area contributed by atoms with Crippen molar-refractivity contribution < 1.29 is 23.5 Å². The van der Waals surface area contributed by atoms with Gasteiger partial charge in [0.2, 0.25) is 5.89 Å². The average molecular weight is 411 g/mol. The molecule has 0 saturated carbocycles. The minimum atomic E-state index is -0.585. The fraction of sp³-hybridized carbons (Fsp3) is 0.353. The smallest absolute Gasteiger partial charge is 0.360 e. The van der Waals surface area contributed by atoms with E-state index in [-0.39, 0.29) is 24.0 Å². The summed E-state index contributed by atoms with van der Waals surface area (Å²) in [6.07, 6.45) is 1.88. The lowest BCUT2D eigenvalue weighted by Crippen LogP contribution is -2.32. The Labute approximate surface area is 154 Å². The molecule has 25 heavy (non-hydrogen) atoms. The first-order valence-electron chi connectivity index (χ1n) is 7.62. The highest BCUT2D eigenvalue weighted by molar-refractivity contribution is 9.10. The zero-order valence-electron chi connectivity index (χ0n) is 14.0. The Bertz CT molecular complexity index is 731. The van der Waals surface area contributed by atoms with Gasteiger partial charge in [-0.05, 0) is 34.5 Å². The van der Waals surface area contributed by atoms with Gasteiger partial charge in [-0.2, -0.15) is 0 Å². The van der Waals surface area contributed by atoms with Gasteiger partial charge >= 0.3 is 5.97 Å². The fourth-order valence-electron chi connectivity index (χ4n) is 2.20. The molecule has 0 unspecified atom stereocenters. The Morgan fingerprint density at radius 3 is 2.72 bits per heavy atom. The number of methoxy groups -OCH3 is 2. The van der Waals surface area contributed by atoms with E-state index in [4.69, 9.17) is 9.15 Å². The van der Waals surface area contributed by atoms with Crippen LogP contribution in [0, 0.1) is 0 Å². The van der Waals surface area contributed by atoms with Crippen LogP contribution in [0.25, 0.3) is 0 Å². The summed E-state index contributed by atoms with van der Waals surface area (Å²) in [7, 11) is 2.88. The van der Waals surface area contributed by atoms with Crippen LogP contribution in [0.1, 0.15) is 33.2 Å². The molecular weight excluding hydrogens is 392 g/mol. The van der Waals surface area contributed by atoms with Crippen LogP contribution in [0.3, 0.4) is 0 Å². The second-order valence-electron chi connectivity index (χ2n) is 5.17. The molecule has 0 atom stereocenters. The summed E-state index contributed by atoms with van der Waals surface area (Å²) in [5.74, 6) is -0.488. The van der Waals surface area contributed by atoms with E-state index in [1.165, 1.54) is 13.4 Å². The van der Waals surface area contributed by atoms with Gasteiger partial charge in [0.15, 0.2) is 5.69 Å². The van der Waals surface area contributed by atoms with Crippen LogP contribution < -0.4 is 0 Å². The molecule has 8 heteroatoms. The van der Waals surface area contributed by atoms with Gasteiger partial charge < -0.3 is 18.8 Å². The van der Waals surface area contributed by atoms with Gasteiger partial charge in [-0.25, -0.2) is 9.78 Å². The number of hydrogen-bond donors (Lipinski definition) is 0. The molecule has 0 aliphatic carbocycles. The largest absolute Gasteiger partial charge is 0.464 e. The molecule has 7 nitrogen and oxygen atoms in total. The minimum Gasteiger partial charge on any atom is -0.464 e. The summed E-state index contributed by atoms with van der Waals surface area (Å²) in [5.41, 5.74) is 0.613. The molecule has 1 aromatic carbocycles. The summed E-state index contributed by atoms with van der Waals surface area (Å²) >= 11 is 3.39. The van der Waals surface area contributed by atoms with Crippen LogP contribution in [0.2, 0.25) is 0 Å². The summed E-state index contributed by atoms with van der Waals surface area (Å²) in [5, 5.41) is 0. The van der Waals surface area contributed by atoms with Crippen molar-refractivity contribution in [3.05, 3.63) is 52.1 Å². The number of rotatable bonds is 8. The summed E-state index contributed by atoms with van der Waals surface area (Å²) in [6.45, 7) is 1.13. The van der Waals surface area contributed by atoms with Crippen LogP contribution in [0.15, 0.2) is 39.4 Å². The van der Waals surface area contributed by atoms with Crippen molar-refractivity contribution in [1.29, 1.82) is 0 Å². The van der Waals surface area contributed by atoms with Gasteiger partial charge in [0.1, 0.15) is 6.26 Å². The van der Waals surface area contributed by atoms with E-state index in [1.54, 1.807) is 30.2 Å². The third-order valence-electron chi connectivity index (χ3n) is 3.44. The highest BCUT2D eigenvalue weighted by Crippen LogP contribution is 2.19. The van der Waals surface area contributed by atoms with E-state index in [9.17, 15) is 9.59 Å². The zero-order chi connectivity index (χ0) is 18.2. The molecule has 0 radical (unpaired) electrons. The lowest BCUT2D eigenvalue weighted by atomic mass is 10.2. The van der Waals surface area contributed by atoms with E-state index in [1.807, 2.05) is 6.07 Å². The minimum absolute atomic E-state index is 0.0719. The number of carbonyl (C=O) groups excluding carboxylic acids is 2. The van der Waals surface area contributed by atoms with Crippen LogP contribution in [0.5, 0.6) is 0 Å². The normalized spacial score (nSPS) is 10.5. The Morgan fingerprint density at radius 2 is 2.04 bits per heavy atom. The molecule has 0 saturated heterocycles. The molecule has 2 rings (SSSR count). The van der Waals surface area contributed by atoms with Crippen LogP contribution in [0.4, 0.5) is 0 Å². The number of aromatic nitrogens is 1.